The van der Waals surface area contributed by atoms with Crippen molar-refractivity contribution < 1.29 is 5.11 Å². The molecule has 3 aromatic rings. The molecule has 29 heavy (non-hydrogen) atoms. The van der Waals surface area contributed by atoms with Crippen LogP contribution in [-0.2, 0) is 5.41 Å². The van der Waals surface area contributed by atoms with Crippen molar-refractivity contribution in [1.29, 1.82) is 0 Å². The molecule has 0 bridgehead atoms. The van der Waals surface area contributed by atoms with Gasteiger partial charge < -0.3 is 20.1 Å². The van der Waals surface area contributed by atoms with Gasteiger partial charge in [-0.25, -0.2) is 4.98 Å². The molecule has 2 heterocycles. The van der Waals surface area contributed by atoms with E-state index in [0.717, 1.165) is 11.1 Å². The Bertz CT molecular complexity index is 1320. The van der Waals surface area contributed by atoms with Gasteiger partial charge in [0.25, 0.3) is 11.1 Å². The first-order chi connectivity index (χ1) is 13.6. The van der Waals surface area contributed by atoms with Gasteiger partial charge in [0, 0.05) is 5.56 Å². The van der Waals surface area contributed by atoms with Crippen LogP contribution >= 0.6 is 0 Å². The van der Waals surface area contributed by atoms with Crippen LogP contribution in [-0.4, -0.2) is 25.0 Å². The van der Waals surface area contributed by atoms with Gasteiger partial charge in [0.05, 0.1) is 17.7 Å². The molecule has 0 spiro atoms. The van der Waals surface area contributed by atoms with Crippen LogP contribution in [0.3, 0.4) is 0 Å². The van der Waals surface area contributed by atoms with Gasteiger partial charge in [-0.1, -0.05) is 33.4 Å². The first kappa shape index (κ1) is 20.1. The molecule has 0 atom stereocenters. The van der Waals surface area contributed by atoms with E-state index in [1.165, 1.54) is 18.5 Å². The second kappa shape index (κ2) is 7.43. The molecule has 0 unspecified atom stereocenters. The summed E-state index contributed by atoms with van der Waals surface area (Å²) >= 11 is 0. The molecule has 0 fully saturated rings. The predicted molar refractivity (Wildman–Crippen MR) is 114 cm³/mol. The number of nitrogens with zero attached hydrogens (tertiary/aromatic N) is 1. The molecule has 0 radical (unpaired) electrons. The summed E-state index contributed by atoms with van der Waals surface area (Å²) in [6, 6.07) is 5.22. The van der Waals surface area contributed by atoms with Crippen LogP contribution in [0.2, 0.25) is 0 Å². The highest BCUT2D eigenvalue weighted by molar-refractivity contribution is 5.66. The zero-order valence-corrected chi connectivity index (χ0v) is 16.9. The fourth-order valence-electron chi connectivity index (χ4n) is 2.88. The first-order valence-corrected chi connectivity index (χ1v) is 9.15. The molecule has 0 amide bonds. The number of allylic oxidation sites excluding steroid dienone is 1. The number of nitrogens with one attached hydrogen (secondary N) is 3. The van der Waals surface area contributed by atoms with Crippen molar-refractivity contribution in [2.75, 3.05) is 0 Å². The summed E-state index contributed by atoms with van der Waals surface area (Å²) in [6.45, 7) is 11.8. The van der Waals surface area contributed by atoms with E-state index in [-0.39, 0.29) is 21.9 Å². The lowest BCUT2D eigenvalue weighted by atomic mass is 9.86. The SMILES string of the molecule is C=C(C)c1[nH]cnc1/C=c1\[nH]c(=O)/c(=C/c2cc(C(C)(C)C)ccc2O)[nH]c1=O. The van der Waals surface area contributed by atoms with Gasteiger partial charge in [-0.2, -0.15) is 0 Å². The van der Waals surface area contributed by atoms with Crippen molar-refractivity contribution in [2.45, 2.75) is 33.1 Å². The lowest BCUT2D eigenvalue weighted by Crippen LogP contribution is -2.46. The van der Waals surface area contributed by atoms with Crippen LogP contribution in [0.25, 0.3) is 17.7 Å². The molecule has 150 valence electrons. The van der Waals surface area contributed by atoms with Crippen molar-refractivity contribution in [3.63, 3.8) is 0 Å². The number of rotatable bonds is 3. The zero-order valence-electron chi connectivity index (χ0n) is 16.9. The minimum absolute atomic E-state index is 0.0245. The second-order valence-corrected chi connectivity index (χ2v) is 7.99. The maximum absolute atomic E-state index is 12.5. The Morgan fingerprint density at radius 3 is 2.31 bits per heavy atom. The number of hydrogen-bond donors (Lipinski definition) is 4. The fourth-order valence-corrected chi connectivity index (χ4v) is 2.88. The summed E-state index contributed by atoms with van der Waals surface area (Å²) < 4.78 is 0. The Morgan fingerprint density at radius 2 is 1.72 bits per heavy atom. The van der Waals surface area contributed by atoms with Crippen molar-refractivity contribution >= 4 is 17.7 Å². The van der Waals surface area contributed by atoms with Crippen LogP contribution in [0, 0.1) is 0 Å². The van der Waals surface area contributed by atoms with E-state index in [0.29, 0.717) is 17.0 Å². The van der Waals surface area contributed by atoms with Gasteiger partial charge in [-0.3, -0.25) is 9.59 Å². The molecule has 1 aromatic carbocycles. The number of phenolic OH excluding ortho intramolecular Hbond substituents is 1. The zero-order chi connectivity index (χ0) is 21.3. The summed E-state index contributed by atoms with van der Waals surface area (Å²) in [6.07, 6.45) is 4.44. The van der Waals surface area contributed by atoms with Crippen LogP contribution < -0.4 is 21.8 Å². The molecule has 3 rings (SSSR count). The maximum atomic E-state index is 12.5. The Morgan fingerprint density at radius 1 is 1.10 bits per heavy atom. The maximum Gasteiger partial charge on any atom is 0.272 e. The third kappa shape index (κ3) is 4.29. The van der Waals surface area contributed by atoms with E-state index < -0.39 is 11.1 Å². The van der Waals surface area contributed by atoms with Crippen LogP contribution in [0.1, 0.15) is 50.2 Å². The Balaban J connectivity index is 2.16. The lowest BCUT2D eigenvalue weighted by molar-refractivity contribution is 0.472. The van der Waals surface area contributed by atoms with Gasteiger partial charge in [0.2, 0.25) is 0 Å². The van der Waals surface area contributed by atoms with Crippen LogP contribution in [0.4, 0.5) is 0 Å². The number of hydrogen-bond acceptors (Lipinski definition) is 4. The molecule has 7 heteroatoms. The molecule has 0 saturated carbocycles. The number of aromatic hydroxyl groups is 1. The van der Waals surface area contributed by atoms with Gasteiger partial charge in [-0.15, -0.1) is 0 Å². The predicted octanol–water partition coefficient (Wildman–Crippen LogP) is 1.48. The van der Waals surface area contributed by atoms with Gasteiger partial charge in [0.15, 0.2) is 0 Å². The standard InChI is InChI=1S/C22H24N4O3/c1-12(2)19-15(23-11-24-19)10-17-21(29)25-16(20(28)26-17)9-13-8-14(22(3,4)5)6-7-18(13)27/h6-11,27H,1H2,2-5H3,(H,23,24)(H,25,29)(H,26,28)/b16-9-,17-10-. The summed E-state index contributed by atoms with van der Waals surface area (Å²) in [4.78, 5) is 37.3. The number of aromatic nitrogens is 4. The summed E-state index contributed by atoms with van der Waals surface area (Å²) in [5, 5.41) is 10.3. The Hall–Kier alpha value is -3.61. The van der Waals surface area contributed by atoms with Crippen molar-refractivity contribution in [1.82, 2.24) is 19.9 Å². The van der Waals surface area contributed by atoms with Gasteiger partial charge >= 0.3 is 0 Å². The minimum atomic E-state index is -0.483. The summed E-state index contributed by atoms with van der Waals surface area (Å²) in [5.74, 6) is 0.0245. The van der Waals surface area contributed by atoms with Crippen LogP contribution in [0.15, 0.2) is 40.7 Å². The highest BCUT2D eigenvalue weighted by Crippen LogP contribution is 2.27. The van der Waals surface area contributed by atoms with E-state index in [2.05, 4.69) is 47.3 Å². The minimum Gasteiger partial charge on any atom is -0.507 e. The average molecular weight is 392 g/mol. The topological polar surface area (TPSA) is 115 Å². The highest BCUT2D eigenvalue weighted by atomic mass is 16.3. The molecule has 2 aromatic heterocycles. The molecule has 0 aliphatic rings. The largest absolute Gasteiger partial charge is 0.507 e. The lowest BCUT2D eigenvalue weighted by Gasteiger charge is -2.19. The molecule has 7 nitrogen and oxygen atoms in total. The van der Waals surface area contributed by atoms with Crippen molar-refractivity contribution in [3.05, 3.63) is 85.0 Å². The number of imidazole rings is 1. The normalized spacial score (nSPS) is 13.1. The monoisotopic (exact) mass is 392 g/mol. The van der Waals surface area contributed by atoms with E-state index in [1.54, 1.807) is 12.1 Å². The third-order valence-electron chi connectivity index (χ3n) is 4.56. The summed E-state index contributed by atoms with van der Waals surface area (Å²) in [5.41, 5.74) is 2.31. The number of aromatic amines is 3. The van der Waals surface area contributed by atoms with Crippen molar-refractivity contribution in [3.8, 4) is 5.75 Å². The quantitative estimate of drug-likeness (QED) is 0.540. The Labute approximate surface area is 167 Å². The smallest absolute Gasteiger partial charge is 0.272 e. The van der Waals surface area contributed by atoms with Gasteiger partial charge in [0.1, 0.15) is 16.4 Å². The van der Waals surface area contributed by atoms with Gasteiger partial charge in [-0.05, 0) is 47.8 Å². The molecule has 0 saturated heterocycles. The van der Waals surface area contributed by atoms with E-state index >= 15 is 0 Å². The fraction of sp³-hybridized carbons (Fsp3) is 0.227. The average Bonchev–Trinajstić information content (AvgIpc) is 3.08. The van der Waals surface area contributed by atoms with E-state index in [1.807, 2.05) is 13.0 Å². The first-order valence-electron chi connectivity index (χ1n) is 9.15. The number of H-pyrrole nitrogens is 3. The Kier molecular flexibility index (Phi) is 5.16. The third-order valence-corrected chi connectivity index (χ3v) is 4.56. The number of phenols is 1. The number of benzene rings is 1. The molecule has 0 aliphatic carbocycles. The van der Waals surface area contributed by atoms with E-state index in [4.69, 9.17) is 0 Å². The highest BCUT2D eigenvalue weighted by Gasteiger charge is 2.15. The molecule has 0 aliphatic heterocycles. The van der Waals surface area contributed by atoms with Crippen molar-refractivity contribution in [2.24, 2.45) is 0 Å². The second-order valence-electron chi connectivity index (χ2n) is 7.99. The summed E-state index contributed by atoms with van der Waals surface area (Å²) in [7, 11) is 0. The van der Waals surface area contributed by atoms with E-state index in [9.17, 15) is 14.7 Å². The molecular formula is C22H24N4O3. The molecular weight excluding hydrogens is 368 g/mol. The molecule has 4 N–H and O–H groups in total. The van der Waals surface area contributed by atoms with Crippen LogP contribution in [0.5, 0.6) is 5.75 Å².